The number of hydrogen-bond acceptors (Lipinski definition) is 4. The highest BCUT2D eigenvalue weighted by Crippen LogP contribution is 2.23. The Morgan fingerprint density at radius 3 is 2.81 bits per heavy atom. The summed E-state index contributed by atoms with van der Waals surface area (Å²) in [4.78, 5) is 18.5. The molecular formula is C16H18N2O2S. The number of fused-ring (bicyclic) bond motifs is 1. The molecule has 1 aromatic carbocycles. The molecule has 0 saturated heterocycles. The SMILES string of the molecule is Cc1nc(SCC(=O)N2CCc3ccccc3C2)oc1C. The molecule has 0 aliphatic carbocycles. The zero-order valence-electron chi connectivity index (χ0n) is 12.3. The van der Waals surface area contributed by atoms with E-state index in [1.165, 1.54) is 22.9 Å². The number of nitrogens with zero attached hydrogens (tertiary/aromatic N) is 2. The van der Waals surface area contributed by atoms with Crippen LogP contribution in [-0.4, -0.2) is 28.1 Å². The summed E-state index contributed by atoms with van der Waals surface area (Å²) in [5.41, 5.74) is 3.50. The van der Waals surface area contributed by atoms with E-state index in [1.807, 2.05) is 24.8 Å². The normalized spacial score (nSPS) is 14.1. The molecule has 0 unspecified atom stereocenters. The predicted molar refractivity (Wildman–Crippen MR) is 82.3 cm³/mol. The van der Waals surface area contributed by atoms with Gasteiger partial charge in [0.2, 0.25) is 5.91 Å². The lowest BCUT2D eigenvalue weighted by molar-refractivity contribution is -0.129. The number of hydrogen-bond donors (Lipinski definition) is 0. The molecule has 1 amide bonds. The molecule has 0 N–H and O–H groups in total. The minimum Gasteiger partial charge on any atom is -0.437 e. The zero-order chi connectivity index (χ0) is 14.8. The summed E-state index contributed by atoms with van der Waals surface area (Å²) in [5.74, 6) is 1.33. The number of carbonyl (C=O) groups excluding carboxylic acids is 1. The fraction of sp³-hybridized carbons (Fsp3) is 0.375. The highest BCUT2D eigenvalue weighted by molar-refractivity contribution is 7.99. The molecule has 21 heavy (non-hydrogen) atoms. The number of carbonyl (C=O) groups is 1. The van der Waals surface area contributed by atoms with Crippen molar-refractivity contribution >= 4 is 17.7 Å². The fourth-order valence-electron chi connectivity index (χ4n) is 2.43. The second kappa shape index (κ2) is 5.93. The van der Waals surface area contributed by atoms with Crippen LogP contribution in [-0.2, 0) is 17.8 Å². The Balaban J connectivity index is 1.59. The molecule has 4 nitrogen and oxygen atoms in total. The summed E-state index contributed by atoms with van der Waals surface area (Å²) in [6.07, 6.45) is 0.934. The second-order valence-electron chi connectivity index (χ2n) is 5.24. The van der Waals surface area contributed by atoms with Gasteiger partial charge in [-0.05, 0) is 31.4 Å². The summed E-state index contributed by atoms with van der Waals surface area (Å²) in [7, 11) is 0. The molecule has 0 radical (unpaired) electrons. The molecule has 1 aliphatic rings. The molecule has 2 aromatic rings. The lowest BCUT2D eigenvalue weighted by atomic mass is 10.00. The van der Waals surface area contributed by atoms with Crippen LogP contribution < -0.4 is 0 Å². The molecule has 5 heteroatoms. The standard InChI is InChI=1S/C16H18N2O2S/c1-11-12(2)20-16(17-11)21-10-15(19)18-8-7-13-5-3-4-6-14(13)9-18/h3-6H,7-10H2,1-2H3. The Morgan fingerprint density at radius 2 is 2.10 bits per heavy atom. The van der Waals surface area contributed by atoms with Crippen molar-refractivity contribution < 1.29 is 9.21 Å². The van der Waals surface area contributed by atoms with E-state index in [4.69, 9.17) is 4.42 Å². The van der Waals surface area contributed by atoms with Gasteiger partial charge in [0.1, 0.15) is 5.76 Å². The van der Waals surface area contributed by atoms with Crippen LogP contribution in [0.25, 0.3) is 0 Å². The Hall–Kier alpha value is -1.75. The number of aryl methyl sites for hydroxylation is 2. The molecule has 110 valence electrons. The van der Waals surface area contributed by atoms with Gasteiger partial charge in [-0.1, -0.05) is 36.0 Å². The molecule has 1 aromatic heterocycles. The monoisotopic (exact) mass is 302 g/mol. The van der Waals surface area contributed by atoms with Crippen LogP contribution in [0.1, 0.15) is 22.6 Å². The van der Waals surface area contributed by atoms with Gasteiger partial charge in [0.25, 0.3) is 5.22 Å². The molecule has 0 saturated carbocycles. The number of amides is 1. The minimum atomic E-state index is 0.142. The van der Waals surface area contributed by atoms with Gasteiger partial charge in [0, 0.05) is 13.1 Å². The zero-order valence-corrected chi connectivity index (χ0v) is 13.1. The molecule has 0 spiro atoms. The fourth-order valence-corrected chi connectivity index (χ4v) is 3.24. The van der Waals surface area contributed by atoms with Crippen LogP contribution in [0.3, 0.4) is 0 Å². The third kappa shape index (κ3) is 3.13. The Labute approximate surface area is 128 Å². The van der Waals surface area contributed by atoms with Crippen molar-refractivity contribution in [2.75, 3.05) is 12.3 Å². The van der Waals surface area contributed by atoms with Crippen LogP contribution in [0, 0.1) is 13.8 Å². The van der Waals surface area contributed by atoms with Crippen molar-refractivity contribution in [3.05, 3.63) is 46.8 Å². The number of rotatable bonds is 3. The maximum Gasteiger partial charge on any atom is 0.256 e. The summed E-state index contributed by atoms with van der Waals surface area (Å²) in [6.45, 7) is 5.29. The molecule has 0 fully saturated rings. The first-order chi connectivity index (χ1) is 10.1. The largest absolute Gasteiger partial charge is 0.437 e. The quantitative estimate of drug-likeness (QED) is 0.818. The van der Waals surface area contributed by atoms with Gasteiger partial charge in [-0.25, -0.2) is 4.98 Å². The lowest BCUT2D eigenvalue weighted by Crippen LogP contribution is -2.37. The van der Waals surface area contributed by atoms with E-state index in [0.29, 0.717) is 17.5 Å². The van der Waals surface area contributed by atoms with Gasteiger partial charge in [-0.3, -0.25) is 4.79 Å². The van der Waals surface area contributed by atoms with E-state index in [-0.39, 0.29) is 5.91 Å². The molecule has 2 heterocycles. The van der Waals surface area contributed by atoms with Gasteiger partial charge in [0.05, 0.1) is 11.4 Å². The van der Waals surface area contributed by atoms with Crippen LogP contribution in [0.15, 0.2) is 33.9 Å². The molecule has 0 atom stereocenters. The number of oxazole rings is 1. The van der Waals surface area contributed by atoms with Crippen molar-refractivity contribution in [2.24, 2.45) is 0 Å². The summed E-state index contributed by atoms with van der Waals surface area (Å²) >= 11 is 1.37. The predicted octanol–water partition coefficient (Wildman–Crippen LogP) is 2.97. The van der Waals surface area contributed by atoms with E-state index in [0.717, 1.165) is 24.4 Å². The summed E-state index contributed by atoms with van der Waals surface area (Å²) in [5, 5.41) is 0.579. The average Bonchev–Trinajstić information content (AvgIpc) is 2.83. The highest BCUT2D eigenvalue weighted by Gasteiger charge is 2.21. The molecule has 3 rings (SSSR count). The van der Waals surface area contributed by atoms with Crippen molar-refractivity contribution in [3.8, 4) is 0 Å². The average molecular weight is 302 g/mol. The lowest BCUT2D eigenvalue weighted by Gasteiger charge is -2.28. The van der Waals surface area contributed by atoms with E-state index < -0.39 is 0 Å². The van der Waals surface area contributed by atoms with Gasteiger partial charge >= 0.3 is 0 Å². The minimum absolute atomic E-state index is 0.142. The maximum atomic E-state index is 12.3. The van der Waals surface area contributed by atoms with Crippen molar-refractivity contribution in [2.45, 2.75) is 32.0 Å². The van der Waals surface area contributed by atoms with Gasteiger partial charge in [-0.15, -0.1) is 0 Å². The van der Waals surface area contributed by atoms with Crippen LogP contribution in [0.4, 0.5) is 0 Å². The molecule has 1 aliphatic heterocycles. The van der Waals surface area contributed by atoms with Crippen LogP contribution in [0.5, 0.6) is 0 Å². The van der Waals surface area contributed by atoms with Gasteiger partial charge < -0.3 is 9.32 Å². The Kier molecular flexibility index (Phi) is 4.01. The second-order valence-corrected chi connectivity index (χ2v) is 6.17. The van der Waals surface area contributed by atoms with Gasteiger partial charge in [0.15, 0.2) is 0 Å². The number of aromatic nitrogens is 1. The van der Waals surface area contributed by atoms with Crippen molar-refractivity contribution in [1.29, 1.82) is 0 Å². The van der Waals surface area contributed by atoms with Crippen LogP contribution >= 0.6 is 11.8 Å². The van der Waals surface area contributed by atoms with Gasteiger partial charge in [-0.2, -0.15) is 0 Å². The molecule has 0 bridgehead atoms. The van der Waals surface area contributed by atoms with Crippen molar-refractivity contribution in [1.82, 2.24) is 9.88 Å². The third-order valence-electron chi connectivity index (χ3n) is 3.81. The Morgan fingerprint density at radius 1 is 1.33 bits per heavy atom. The van der Waals surface area contributed by atoms with E-state index in [2.05, 4.69) is 23.2 Å². The smallest absolute Gasteiger partial charge is 0.256 e. The first kappa shape index (κ1) is 14.2. The first-order valence-electron chi connectivity index (χ1n) is 7.05. The summed E-state index contributed by atoms with van der Waals surface area (Å²) < 4.78 is 5.49. The summed E-state index contributed by atoms with van der Waals surface area (Å²) in [6, 6.07) is 8.33. The topological polar surface area (TPSA) is 46.3 Å². The Bertz CT molecular complexity index is 647. The van der Waals surface area contributed by atoms with E-state index in [1.54, 1.807) is 0 Å². The maximum absolute atomic E-state index is 12.3. The number of thioether (sulfide) groups is 1. The van der Waals surface area contributed by atoms with E-state index >= 15 is 0 Å². The highest BCUT2D eigenvalue weighted by atomic mass is 32.2. The van der Waals surface area contributed by atoms with Crippen molar-refractivity contribution in [3.63, 3.8) is 0 Å². The van der Waals surface area contributed by atoms with Crippen LogP contribution in [0.2, 0.25) is 0 Å². The third-order valence-corrected chi connectivity index (χ3v) is 4.62. The molecular weight excluding hydrogens is 284 g/mol. The first-order valence-corrected chi connectivity index (χ1v) is 8.03. The number of benzene rings is 1. The van der Waals surface area contributed by atoms with E-state index in [9.17, 15) is 4.79 Å².